The van der Waals surface area contributed by atoms with Crippen LogP contribution in [0.25, 0.3) is 16.5 Å². The first-order chi connectivity index (χ1) is 17.9. The van der Waals surface area contributed by atoms with Gasteiger partial charge in [0.15, 0.2) is 5.69 Å². The molecule has 2 N–H and O–H groups in total. The summed E-state index contributed by atoms with van der Waals surface area (Å²) in [6.07, 6.45) is -2.46. The molecule has 0 bridgehead atoms. The molecule has 3 aromatic heterocycles. The molecule has 1 fully saturated rings. The Morgan fingerprint density at radius 3 is 2.68 bits per heavy atom. The number of likely N-dealkylation sites (tertiary alicyclic amines) is 1. The quantitative estimate of drug-likeness (QED) is 0.380. The smallest absolute Gasteiger partial charge is 0.418 e. The molecule has 204 valence electrons. The molecule has 1 aliphatic rings. The second kappa shape index (κ2) is 11.1. The molecule has 1 amide bonds. The lowest BCUT2D eigenvalue weighted by Crippen LogP contribution is -2.45. The molecule has 4 heterocycles. The van der Waals surface area contributed by atoms with Crippen LogP contribution >= 0.6 is 11.3 Å². The lowest BCUT2D eigenvalue weighted by Gasteiger charge is -2.33. The summed E-state index contributed by atoms with van der Waals surface area (Å²) in [5, 5.41) is 17.7. The monoisotopic (exact) mass is 558 g/mol. The average molecular weight is 559 g/mol. The third kappa shape index (κ3) is 6.69. The molecule has 0 aliphatic carbocycles. The summed E-state index contributed by atoms with van der Waals surface area (Å²) in [7, 11) is 0. The maximum atomic E-state index is 13.7. The van der Waals surface area contributed by atoms with Gasteiger partial charge in [0, 0.05) is 36.8 Å². The fourth-order valence-corrected chi connectivity index (χ4v) is 4.84. The van der Waals surface area contributed by atoms with Crippen LogP contribution < -0.4 is 5.32 Å². The van der Waals surface area contributed by atoms with E-state index in [9.17, 15) is 36.6 Å². The largest absolute Gasteiger partial charge is 0.481 e. The number of hydrogen-bond donors (Lipinski definition) is 2. The minimum absolute atomic E-state index is 0.0760. The van der Waals surface area contributed by atoms with Gasteiger partial charge in [-0.25, -0.2) is 18.4 Å². The molecular weight excluding hydrogens is 535 g/mol. The fraction of sp³-hybridized carbons (Fsp3) is 0.435. The standard InChI is InChI=1S/C23H23F5N6O3S/c24-22(25)5-2-8-33(13-22)9-4-14(11-18(35)36)31-20(37)16-12-17(34(32-16)21-30-7-10-38-21)19-15(23(26,27)28)3-1-6-29-19/h1,3,6-7,10,12,14H,2,4-5,8-9,11,13H2,(H,31,37)(H,35,36). The van der Waals surface area contributed by atoms with Gasteiger partial charge in [0.2, 0.25) is 5.13 Å². The second-order valence-electron chi connectivity index (χ2n) is 8.83. The zero-order valence-corrected chi connectivity index (χ0v) is 20.6. The van der Waals surface area contributed by atoms with Gasteiger partial charge in [-0.2, -0.15) is 18.3 Å². The molecule has 4 rings (SSSR count). The number of rotatable bonds is 9. The van der Waals surface area contributed by atoms with Crippen molar-refractivity contribution in [1.82, 2.24) is 30.0 Å². The minimum atomic E-state index is -4.73. The van der Waals surface area contributed by atoms with Crippen molar-refractivity contribution in [1.29, 1.82) is 0 Å². The molecule has 0 spiro atoms. The summed E-state index contributed by atoms with van der Waals surface area (Å²) in [6.45, 7) is 0.111. The van der Waals surface area contributed by atoms with Crippen molar-refractivity contribution in [2.75, 3.05) is 19.6 Å². The Balaban J connectivity index is 1.59. The van der Waals surface area contributed by atoms with E-state index in [0.29, 0.717) is 13.0 Å². The van der Waals surface area contributed by atoms with Crippen LogP contribution in [0.2, 0.25) is 0 Å². The first-order valence-corrected chi connectivity index (χ1v) is 12.5. The molecule has 15 heteroatoms. The molecule has 1 aliphatic heterocycles. The number of nitrogens with one attached hydrogen (secondary N) is 1. The van der Waals surface area contributed by atoms with E-state index < -0.39 is 54.2 Å². The van der Waals surface area contributed by atoms with E-state index in [4.69, 9.17) is 0 Å². The molecule has 38 heavy (non-hydrogen) atoms. The maximum Gasteiger partial charge on any atom is 0.418 e. The number of hydrogen-bond acceptors (Lipinski definition) is 7. The summed E-state index contributed by atoms with van der Waals surface area (Å²) >= 11 is 1.07. The van der Waals surface area contributed by atoms with Crippen LogP contribution in [0.5, 0.6) is 0 Å². The van der Waals surface area contributed by atoms with Crippen molar-refractivity contribution in [2.24, 2.45) is 0 Å². The Labute approximate surface area is 217 Å². The van der Waals surface area contributed by atoms with Crippen LogP contribution in [-0.4, -0.2) is 73.2 Å². The van der Waals surface area contributed by atoms with Gasteiger partial charge in [-0.1, -0.05) is 0 Å². The summed E-state index contributed by atoms with van der Waals surface area (Å²) in [5.74, 6) is -4.87. The number of thiazole rings is 1. The van der Waals surface area contributed by atoms with Gasteiger partial charge in [-0.05, 0) is 37.6 Å². The number of nitrogens with zero attached hydrogens (tertiary/aromatic N) is 5. The third-order valence-corrected chi connectivity index (χ3v) is 6.67. The average Bonchev–Trinajstić information content (AvgIpc) is 3.51. The molecule has 0 saturated carbocycles. The molecule has 9 nitrogen and oxygen atoms in total. The highest BCUT2D eigenvalue weighted by Gasteiger charge is 2.37. The number of carboxylic acid groups (broad SMARTS) is 1. The molecule has 0 aromatic carbocycles. The molecule has 1 unspecified atom stereocenters. The van der Waals surface area contributed by atoms with Crippen molar-refractivity contribution in [3.8, 4) is 16.5 Å². The predicted octanol–water partition coefficient (Wildman–Crippen LogP) is 4.10. The molecular formula is C23H23F5N6O3S. The van der Waals surface area contributed by atoms with Crippen molar-refractivity contribution >= 4 is 23.2 Å². The highest BCUT2D eigenvalue weighted by Crippen LogP contribution is 2.36. The normalized spacial score (nSPS) is 16.8. The Morgan fingerprint density at radius 2 is 2.03 bits per heavy atom. The number of halogens is 5. The summed E-state index contributed by atoms with van der Waals surface area (Å²) in [5.41, 5.74) is -1.92. The van der Waals surface area contributed by atoms with E-state index in [1.165, 1.54) is 17.3 Å². The van der Waals surface area contributed by atoms with E-state index >= 15 is 0 Å². The fourth-order valence-electron chi connectivity index (χ4n) is 4.24. The van der Waals surface area contributed by atoms with Crippen molar-refractivity contribution in [3.63, 3.8) is 0 Å². The number of amides is 1. The molecule has 0 radical (unpaired) electrons. The van der Waals surface area contributed by atoms with Crippen LogP contribution in [0.4, 0.5) is 22.0 Å². The van der Waals surface area contributed by atoms with Crippen LogP contribution in [0.3, 0.4) is 0 Å². The summed E-state index contributed by atoms with van der Waals surface area (Å²) in [4.78, 5) is 33.9. The highest BCUT2D eigenvalue weighted by molar-refractivity contribution is 7.12. The lowest BCUT2D eigenvalue weighted by atomic mass is 10.1. The number of aliphatic carboxylic acids is 1. The van der Waals surface area contributed by atoms with Gasteiger partial charge in [0.25, 0.3) is 11.8 Å². The zero-order chi connectivity index (χ0) is 27.5. The van der Waals surface area contributed by atoms with Crippen LogP contribution in [0.1, 0.15) is 41.7 Å². The number of piperidine rings is 1. The van der Waals surface area contributed by atoms with Crippen LogP contribution in [0, 0.1) is 0 Å². The van der Waals surface area contributed by atoms with Gasteiger partial charge in [0.1, 0.15) is 5.69 Å². The van der Waals surface area contributed by atoms with Gasteiger partial charge < -0.3 is 10.4 Å². The third-order valence-electron chi connectivity index (χ3n) is 5.92. The lowest BCUT2D eigenvalue weighted by molar-refractivity contribution is -0.138. The minimum Gasteiger partial charge on any atom is -0.481 e. The summed E-state index contributed by atoms with van der Waals surface area (Å²) < 4.78 is 69.6. The topological polar surface area (TPSA) is 113 Å². The Morgan fingerprint density at radius 1 is 1.24 bits per heavy atom. The Hall–Kier alpha value is -3.46. The SMILES string of the molecule is O=C(O)CC(CCN1CCCC(F)(F)C1)NC(=O)c1cc(-c2ncccc2C(F)(F)F)n(-c2nccs2)n1. The first-order valence-electron chi connectivity index (χ1n) is 11.6. The maximum absolute atomic E-state index is 13.7. The number of carbonyl (C=O) groups is 2. The van der Waals surface area contributed by atoms with E-state index in [-0.39, 0.29) is 35.9 Å². The highest BCUT2D eigenvalue weighted by atomic mass is 32.1. The Kier molecular flexibility index (Phi) is 8.06. The molecule has 1 atom stereocenters. The van der Waals surface area contributed by atoms with Gasteiger partial charge in [-0.15, -0.1) is 11.3 Å². The van der Waals surface area contributed by atoms with Crippen molar-refractivity contribution in [2.45, 2.75) is 43.8 Å². The van der Waals surface area contributed by atoms with E-state index in [1.807, 2.05) is 0 Å². The Bertz CT molecular complexity index is 1280. The molecule has 3 aromatic rings. The number of carbonyl (C=O) groups excluding carboxylic acids is 1. The van der Waals surface area contributed by atoms with Crippen LogP contribution in [-0.2, 0) is 11.0 Å². The van der Waals surface area contributed by atoms with Gasteiger partial charge in [0.05, 0.1) is 24.2 Å². The first kappa shape index (κ1) is 27.6. The summed E-state index contributed by atoms with van der Waals surface area (Å²) in [6, 6.07) is 2.19. The zero-order valence-electron chi connectivity index (χ0n) is 19.8. The number of aromatic nitrogens is 4. The van der Waals surface area contributed by atoms with Crippen molar-refractivity contribution in [3.05, 3.63) is 47.2 Å². The van der Waals surface area contributed by atoms with Gasteiger partial charge >= 0.3 is 12.1 Å². The van der Waals surface area contributed by atoms with E-state index in [1.54, 1.807) is 5.38 Å². The second-order valence-corrected chi connectivity index (χ2v) is 9.70. The number of alkyl halides is 5. The van der Waals surface area contributed by atoms with Gasteiger partial charge in [-0.3, -0.25) is 19.5 Å². The predicted molar refractivity (Wildman–Crippen MR) is 126 cm³/mol. The van der Waals surface area contributed by atoms with Crippen molar-refractivity contribution < 1.29 is 36.6 Å². The van der Waals surface area contributed by atoms with E-state index in [2.05, 4.69) is 20.4 Å². The van der Waals surface area contributed by atoms with Crippen LogP contribution in [0.15, 0.2) is 36.0 Å². The van der Waals surface area contributed by atoms with E-state index in [0.717, 1.165) is 34.2 Å². The molecule has 1 saturated heterocycles. The number of pyridine rings is 1. The number of carboxylic acids is 1.